The fraction of sp³-hybridized carbons (Fsp3) is 0.333. The molecule has 0 spiro atoms. The van der Waals surface area contributed by atoms with E-state index in [4.69, 9.17) is 4.74 Å². The number of thiazole rings is 1. The minimum atomic E-state index is -4.07. The number of hydrogen-bond donors (Lipinski definition) is 2. The number of carbonyl (C=O) groups is 1. The fourth-order valence-corrected chi connectivity index (χ4v) is 7.58. The van der Waals surface area contributed by atoms with Gasteiger partial charge in [0.1, 0.15) is 18.4 Å². The Balaban J connectivity index is 1.36. The molecule has 0 saturated heterocycles. The van der Waals surface area contributed by atoms with Gasteiger partial charge in [-0.25, -0.2) is 13.4 Å². The van der Waals surface area contributed by atoms with E-state index in [2.05, 4.69) is 16.6 Å². The van der Waals surface area contributed by atoms with Crippen LogP contribution in [0.4, 0.5) is 0 Å². The number of nitrogens with one attached hydrogen (secondary N) is 1. The molecular formula is C30H34N2O5S3. The number of thioether (sulfide) groups is 1. The van der Waals surface area contributed by atoms with Gasteiger partial charge in [-0.1, -0.05) is 86.8 Å². The number of fused-ring (bicyclic) bond motifs is 1. The maximum atomic E-state index is 13.1. The van der Waals surface area contributed by atoms with Crippen LogP contribution in [0.1, 0.15) is 50.2 Å². The van der Waals surface area contributed by atoms with Crippen molar-refractivity contribution >= 4 is 49.3 Å². The Bertz CT molecular complexity index is 1490. The molecule has 0 aliphatic carbocycles. The number of carboxylic acids is 1. The fourth-order valence-electron chi connectivity index (χ4n) is 4.11. The predicted octanol–water partition coefficient (Wildman–Crippen LogP) is 6.91. The van der Waals surface area contributed by atoms with E-state index in [0.717, 1.165) is 32.3 Å². The second kappa shape index (κ2) is 14.6. The molecule has 0 bridgehead atoms. The van der Waals surface area contributed by atoms with E-state index in [1.807, 2.05) is 30.3 Å². The highest BCUT2D eigenvalue weighted by Crippen LogP contribution is 2.32. The van der Waals surface area contributed by atoms with E-state index in [1.165, 1.54) is 43.1 Å². The topological polar surface area (TPSA) is 106 Å². The van der Waals surface area contributed by atoms with Crippen molar-refractivity contribution < 1.29 is 23.1 Å². The molecule has 0 saturated carbocycles. The lowest BCUT2D eigenvalue weighted by Crippen LogP contribution is -2.42. The second-order valence-corrected chi connectivity index (χ2v) is 13.6. The smallest absolute Gasteiger partial charge is 0.322 e. The van der Waals surface area contributed by atoms with Gasteiger partial charge >= 0.3 is 5.97 Å². The summed E-state index contributed by atoms with van der Waals surface area (Å²) in [5.41, 5.74) is 2.45. The van der Waals surface area contributed by atoms with Gasteiger partial charge in [-0.2, -0.15) is 4.72 Å². The van der Waals surface area contributed by atoms with Crippen LogP contribution in [-0.4, -0.2) is 36.3 Å². The van der Waals surface area contributed by atoms with E-state index in [-0.39, 0.29) is 11.3 Å². The number of aliphatic carboxylic acids is 1. The van der Waals surface area contributed by atoms with Crippen molar-refractivity contribution in [2.24, 2.45) is 0 Å². The summed E-state index contributed by atoms with van der Waals surface area (Å²) in [7, 11) is -4.07. The van der Waals surface area contributed by atoms with Gasteiger partial charge in [0.25, 0.3) is 0 Å². The normalized spacial score (nSPS) is 12.4. The van der Waals surface area contributed by atoms with E-state index in [9.17, 15) is 18.3 Å². The maximum Gasteiger partial charge on any atom is 0.322 e. The van der Waals surface area contributed by atoms with Crippen LogP contribution in [0.5, 0.6) is 5.75 Å². The lowest BCUT2D eigenvalue weighted by atomic mass is 10.1. The van der Waals surface area contributed by atoms with Crippen LogP contribution in [0.3, 0.4) is 0 Å². The average Bonchev–Trinajstić information content (AvgIpc) is 3.37. The summed E-state index contributed by atoms with van der Waals surface area (Å²) in [5.74, 6) is 0.382. The van der Waals surface area contributed by atoms with Crippen LogP contribution in [0.25, 0.3) is 10.2 Å². The Hall–Kier alpha value is -2.92. The van der Waals surface area contributed by atoms with E-state index >= 15 is 0 Å². The van der Waals surface area contributed by atoms with Gasteiger partial charge < -0.3 is 9.84 Å². The standard InChI is InChI=1S/C30H34N2O5S3/c1-2-3-4-5-9-18-38-30-31-26-17-16-25(20-28(26)39-30)40(35,36)32-27(29(33)34)19-22-12-14-24(15-13-22)37-21-23-10-7-6-8-11-23/h6-8,10-17,20,27,32H,2-5,9,18-19,21H2,1H3,(H,33,34)/t27-/m1/s1. The maximum absolute atomic E-state index is 13.1. The highest BCUT2D eigenvalue weighted by Gasteiger charge is 2.26. The van der Waals surface area contributed by atoms with Crippen molar-refractivity contribution in [1.29, 1.82) is 0 Å². The van der Waals surface area contributed by atoms with Crippen LogP contribution in [0, 0.1) is 0 Å². The molecule has 4 rings (SSSR count). The number of aromatic nitrogens is 1. The van der Waals surface area contributed by atoms with Gasteiger partial charge in [-0.05, 0) is 54.3 Å². The Morgan fingerprint density at radius 3 is 2.48 bits per heavy atom. The second-order valence-electron chi connectivity index (χ2n) is 9.51. The first-order valence-electron chi connectivity index (χ1n) is 13.4. The molecule has 7 nitrogen and oxygen atoms in total. The molecule has 40 heavy (non-hydrogen) atoms. The first-order chi connectivity index (χ1) is 19.3. The molecule has 212 valence electrons. The zero-order valence-electron chi connectivity index (χ0n) is 22.4. The third-order valence-electron chi connectivity index (χ3n) is 6.33. The zero-order chi connectivity index (χ0) is 28.4. The Labute approximate surface area is 244 Å². The van der Waals surface area contributed by atoms with Crippen molar-refractivity contribution in [3.63, 3.8) is 0 Å². The molecule has 2 N–H and O–H groups in total. The predicted molar refractivity (Wildman–Crippen MR) is 162 cm³/mol. The summed E-state index contributed by atoms with van der Waals surface area (Å²) in [6, 6.07) is 20.2. The quantitative estimate of drug-likeness (QED) is 0.107. The van der Waals surface area contributed by atoms with Gasteiger partial charge in [0.05, 0.1) is 15.1 Å². The molecule has 1 heterocycles. The van der Waals surface area contributed by atoms with Crippen LogP contribution < -0.4 is 9.46 Å². The summed E-state index contributed by atoms with van der Waals surface area (Å²) in [4.78, 5) is 16.6. The minimum absolute atomic E-state index is 0.00459. The van der Waals surface area contributed by atoms with E-state index in [0.29, 0.717) is 17.9 Å². The van der Waals surface area contributed by atoms with Crippen molar-refractivity contribution in [1.82, 2.24) is 9.71 Å². The molecule has 1 atom stereocenters. The Morgan fingerprint density at radius 1 is 1.00 bits per heavy atom. The monoisotopic (exact) mass is 598 g/mol. The molecule has 10 heteroatoms. The van der Waals surface area contributed by atoms with Crippen molar-refractivity contribution in [3.05, 3.63) is 83.9 Å². The van der Waals surface area contributed by atoms with E-state index < -0.39 is 22.0 Å². The molecule has 0 radical (unpaired) electrons. The van der Waals surface area contributed by atoms with Crippen molar-refractivity contribution in [2.45, 2.75) is 67.3 Å². The lowest BCUT2D eigenvalue weighted by Gasteiger charge is -2.15. The number of carboxylic acid groups (broad SMARTS) is 1. The number of rotatable bonds is 16. The van der Waals surface area contributed by atoms with Crippen molar-refractivity contribution in [3.8, 4) is 5.75 Å². The molecule has 0 aliphatic heterocycles. The highest BCUT2D eigenvalue weighted by molar-refractivity contribution is 8.01. The lowest BCUT2D eigenvalue weighted by molar-refractivity contribution is -0.138. The molecule has 3 aromatic carbocycles. The first-order valence-corrected chi connectivity index (χ1v) is 16.7. The number of benzene rings is 3. The van der Waals surface area contributed by atoms with Gasteiger partial charge in [-0.3, -0.25) is 4.79 Å². The van der Waals surface area contributed by atoms with Crippen LogP contribution in [-0.2, 0) is 27.8 Å². The van der Waals surface area contributed by atoms with Crippen molar-refractivity contribution in [2.75, 3.05) is 5.75 Å². The van der Waals surface area contributed by atoms with Gasteiger partial charge in [0, 0.05) is 5.75 Å². The number of ether oxygens (including phenoxy) is 1. The summed E-state index contributed by atoms with van der Waals surface area (Å²) < 4.78 is 36.1. The number of nitrogens with zero attached hydrogens (tertiary/aromatic N) is 1. The third kappa shape index (κ3) is 8.79. The van der Waals surface area contributed by atoms with Crippen LogP contribution >= 0.6 is 23.1 Å². The molecule has 0 amide bonds. The molecule has 1 aromatic heterocycles. The van der Waals surface area contributed by atoms with E-state index in [1.54, 1.807) is 48.2 Å². The SMILES string of the molecule is CCCCCCCSc1nc2ccc(S(=O)(=O)N[C@H](Cc3ccc(OCc4ccccc4)cc3)C(=O)O)cc2s1. The molecule has 0 unspecified atom stereocenters. The van der Waals surface area contributed by atoms with Crippen LogP contribution in [0.2, 0.25) is 0 Å². The number of unbranched alkanes of at least 4 members (excludes halogenated alkanes) is 4. The average molecular weight is 599 g/mol. The summed E-state index contributed by atoms with van der Waals surface area (Å²) in [6.45, 7) is 2.62. The minimum Gasteiger partial charge on any atom is -0.489 e. The zero-order valence-corrected chi connectivity index (χ0v) is 24.9. The first kappa shape index (κ1) is 30.0. The van der Waals surface area contributed by atoms with Gasteiger partial charge in [0.15, 0.2) is 4.34 Å². The van der Waals surface area contributed by atoms with Gasteiger partial charge in [-0.15, -0.1) is 11.3 Å². The molecule has 0 fully saturated rings. The third-order valence-corrected chi connectivity index (χ3v) is 10.0. The Morgan fingerprint density at radius 2 is 1.75 bits per heavy atom. The molecular weight excluding hydrogens is 565 g/mol. The van der Waals surface area contributed by atoms with Gasteiger partial charge in [0.2, 0.25) is 10.0 Å². The number of hydrogen-bond acceptors (Lipinski definition) is 7. The number of sulfonamides is 1. The molecule has 0 aliphatic rings. The summed E-state index contributed by atoms with van der Waals surface area (Å²) in [5, 5.41) is 9.77. The Kier molecular flexibility index (Phi) is 11.0. The molecule has 4 aromatic rings. The van der Waals surface area contributed by atoms with Crippen LogP contribution in [0.15, 0.2) is 82.0 Å². The largest absolute Gasteiger partial charge is 0.489 e. The summed E-state index contributed by atoms with van der Waals surface area (Å²) >= 11 is 3.15. The highest BCUT2D eigenvalue weighted by atomic mass is 32.2. The summed E-state index contributed by atoms with van der Waals surface area (Å²) in [6.07, 6.45) is 6.06.